The van der Waals surface area contributed by atoms with Gasteiger partial charge in [-0.05, 0) is 87.5 Å². The van der Waals surface area contributed by atoms with E-state index in [2.05, 4.69) is 32.9 Å². The van der Waals surface area contributed by atoms with Gasteiger partial charge < -0.3 is 50.4 Å². The quantitative estimate of drug-likeness (QED) is 0.0523. The number of aromatic hydroxyl groups is 1. The molecule has 0 unspecified atom stereocenters. The van der Waals surface area contributed by atoms with Crippen molar-refractivity contribution in [2.24, 2.45) is 5.73 Å². The number of phenolic OH excluding ortho intramolecular Hbond substituents is 1. The highest BCUT2D eigenvalue weighted by Crippen LogP contribution is 2.42. The van der Waals surface area contributed by atoms with Crippen molar-refractivity contribution in [3.05, 3.63) is 94.2 Å². The van der Waals surface area contributed by atoms with E-state index < -0.39 is 24.0 Å². The van der Waals surface area contributed by atoms with Crippen LogP contribution < -0.4 is 26.3 Å². The summed E-state index contributed by atoms with van der Waals surface area (Å²) in [7, 11) is 0. The fourth-order valence-corrected chi connectivity index (χ4v) is 9.47. The highest BCUT2D eigenvalue weighted by molar-refractivity contribution is 6.08. The number of nitrogens with zero attached hydrogens (tertiary/aromatic N) is 13. The number of nitrogens with one attached hydrogen (secondary N) is 1. The summed E-state index contributed by atoms with van der Waals surface area (Å²) in [5.74, 6) is -1.52. The molecule has 3 aliphatic heterocycles. The first-order valence-corrected chi connectivity index (χ1v) is 25.2. The molecule has 6 heterocycles. The molecule has 0 bridgehead atoms. The lowest BCUT2D eigenvalue weighted by Crippen LogP contribution is -2.52. The number of carbonyl (C=O) groups excluding carboxylic acids is 2. The van der Waals surface area contributed by atoms with Crippen molar-refractivity contribution in [2.45, 2.75) is 77.3 Å². The van der Waals surface area contributed by atoms with Crippen LogP contribution in [0.4, 0.5) is 23.5 Å². The van der Waals surface area contributed by atoms with Gasteiger partial charge in [0.15, 0.2) is 5.43 Å². The van der Waals surface area contributed by atoms with Gasteiger partial charge in [0, 0.05) is 106 Å². The number of carboxylic acid groups (broad SMARTS) is 2. The van der Waals surface area contributed by atoms with E-state index in [9.17, 15) is 34.2 Å². The van der Waals surface area contributed by atoms with Crippen molar-refractivity contribution >= 4 is 58.3 Å². The summed E-state index contributed by atoms with van der Waals surface area (Å²) in [5.41, 5.74) is 8.69. The molecule has 6 N–H and O–H groups in total. The zero-order valence-electron chi connectivity index (χ0n) is 41.7. The van der Waals surface area contributed by atoms with Gasteiger partial charge in [0.1, 0.15) is 29.2 Å². The van der Waals surface area contributed by atoms with Crippen molar-refractivity contribution in [1.82, 2.24) is 54.7 Å². The topological polar surface area (TPSA) is 310 Å². The van der Waals surface area contributed by atoms with E-state index in [0.29, 0.717) is 111 Å². The van der Waals surface area contributed by atoms with Gasteiger partial charge in [-0.1, -0.05) is 29.8 Å². The summed E-state index contributed by atoms with van der Waals surface area (Å²) in [6, 6.07) is 12.4. The number of unbranched alkanes of at least 4 members (excludes halogenated alkanes) is 2. The molecule has 0 spiro atoms. The first-order valence-electron chi connectivity index (χ1n) is 25.2. The third-order valence-electron chi connectivity index (χ3n) is 13.6. The molecule has 1 aliphatic carbocycles. The molecule has 2 amide bonds. The van der Waals surface area contributed by atoms with E-state index in [1.165, 1.54) is 35.0 Å². The van der Waals surface area contributed by atoms with E-state index in [1.54, 1.807) is 47.0 Å². The first kappa shape index (κ1) is 51.4. The van der Waals surface area contributed by atoms with Crippen LogP contribution in [0.15, 0.2) is 76.2 Å². The maximum atomic E-state index is 14.3. The van der Waals surface area contributed by atoms with Crippen molar-refractivity contribution in [3.8, 4) is 28.2 Å². The molecule has 2 atom stereocenters. The maximum Gasteiger partial charge on any atom is 0.336 e. The second kappa shape index (κ2) is 22.7. The Kier molecular flexibility index (Phi) is 15.5. The van der Waals surface area contributed by atoms with Gasteiger partial charge in [-0.25, -0.2) is 14.2 Å². The number of aryl methyl sites for hydroxylation is 2. The van der Waals surface area contributed by atoms with Crippen molar-refractivity contribution in [2.75, 3.05) is 74.0 Å². The van der Waals surface area contributed by atoms with E-state index in [1.807, 2.05) is 20.9 Å². The van der Waals surface area contributed by atoms with Crippen LogP contribution >= 0.6 is 0 Å². The molecular weight excluding hydrogens is 967 g/mol. The van der Waals surface area contributed by atoms with Crippen LogP contribution in [0, 0.1) is 0 Å². The first-order chi connectivity index (χ1) is 36.3. The number of rotatable bonds is 20. The van der Waals surface area contributed by atoms with E-state index in [4.69, 9.17) is 30.2 Å². The number of aromatic nitrogens is 9. The number of aliphatic carboxylic acids is 1. The van der Waals surface area contributed by atoms with Gasteiger partial charge in [-0.3, -0.25) is 19.2 Å². The third kappa shape index (κ3) is 11.6. The molecule has 2 saturated heterocycles. The number of carboxylic acids is 2. The molecule has 0 saturated carbocycles. The van der Waals surface area contributed by atoms with E-state index >= 15 is 0 Å². The van der Waals surface area contributed by atoms with Gasteiger partial charge in [-0.2, -0.15) is 15.0 Å². The Hall–Kier alpha value is -8.54. The highest BCUT2D eigenvalue weighted by Gasteiger charge is 2.33. The summed E-state index contributed by atoms with van der Waals surface area (Å²) in [6.45, 7) is 7.21. The molecule has 0 radical (unpaired) electrons. The Balaban J connectivity index is 0.986. The molecule has 24 nitrogen and oxygen atoms in total. The Labute approximate surface area is 430 Å². The number of hydrogen-bond donors (Lipinski definition) is 5. The lowest BCUT2D eigenvalue weighted by atomic mass is 9.90. The van der Waals surface area contributed by atoms with E-state index in [0.717, 1.165) is 37.8 Å². The molecule has 9 rings (SSSR count). The summed E-state index contributed by atoms with van der Waals surface area (Å²) in [5, 5.41) is 50.7. The number of amides is 2. The van der Waals surface area contributed by atoms with Gasteiger partial charge in [-0.15, -0.1) is 10.2 Å². The second-order valence-electron chi connectivity index (χ2n) is 18.7. The van der Waals surface area contributed by atoms with Gasteiger partial charge in [0.05, 0.1) is 23.4 Å². The standard InChI is InChI=1S/C51H59N15O9/c1-3-4-7-33-30-66(60-57-33)41(8-5-6-17-52)47(72)62-20-24-64(25-21-62)51-55-49(54-50(56-51)63-22-18-61(19-23-63)46(71)31(2)65-29-34(58-59-65)10-16-44(69)70)53-32-9-13-37(40(26-32)48(73)74)45-38-14-11-35(67)27-42(38)75-43-28-36(68)12-15-39(43)45/h9,11-15,26-31,41,67H,3-8,10,16-25,52H2,1-2H3,(H,69,70)(H,73,74)(H,53,54,55,56)/t31-,41-/m0/s1. The monoisotopic (exact) mass is 1030 g/mol. The lowest BCUT2D eigenvalue weighted by molar-refractivity contribution is -0.137. The number of nitrogens with two attached hydrogens (primary N) is 1. The fraction of sp³-hybridized carbons (Fsp3) is 0.412. The summed E-state index contributed by atoms with van der Waals surface area (Å²) in [4.78, 5) is 86.8. The predicted molar refractivity (Wildman–Crippen MR) is 275 cm³/mol. The molecule has 5 aromatic rings. The number of anilines is 4. The zero-order chi connectivity index (χ0) is 52.8. The van der Waals surface area contributed by atoms with Crippen LogP contribution in [0.1, 0.15) is 86.2 Å². The van der Waals surface area contributed by atoms with Crippen LogP contribution in [0.5, 0.6) is 5.75 Å². The van der Waals surface area contributed by atoms with Crippen LogP contribution in [0.3, 0.4) is 0 Å². The molecule has 75 heavy (non-hydrogen) atoms. The number of piperazine rings is 2. The minimum absolute atomic E-state index is 0.0571. The minimum Gasteiger partial charge on any atom is -0.508 e. The summed E-state index contributed by atoms with van der Waals surface area (Å²) < 4.78 is 9.14. The lowest BCUT2D eigenvalue weighted by Gasteiger charge is -2.38. The Morgan fingerprint density at radius 1 is 0.747 bits per heavy atom. The molecule has 2 fully saturated rings. The number of phenols is 1. The smallest absolute Gasteiger partial charge is 0.336 e. The van der Waals surface area contributed by atoms with Gasteiger partial charge in [0.25, 0.3) is 0 Å². The highest BCUT2D eigenvalue weighted by atomic mass is 16.4. The SMILES string of the molecule is CCCCc1cn([C@@H](CCCCN)C(=O)N2CCN(c3nc(Nc4ccc(-c5c6ccc(=O)cc-6oc6cc(O)ccc56)c(C(=O)O)c4)nc(N4CCN(C(=O)[C@H](C)n5cc(CCC(=O)O)nn5)CC4)n3)CC2)nn1. The molecule has 4 aliphatic rings. The number of carbonyl (C=O) groups is 4. The number of benzene rings is 3. The predicted octanol–water partition coefficient (Wildman–Crippen LogP) is 4.37. The zero-order valence-corrected chi connectivity index (χ0v) is 41.7. The summed E-state index contributed by atoms with van der Waals surface area (Å²) >= 11 is 0. The molecule has 392 valence electrons. The number of hydrogen-bond acceptors (Lipinski definition) is 18. The Bertz CT molecular complexity index is 3230. The fourth-order valence-electron chi connectivity index (χ4n) is 9.47. The molecular formula is C51H59N15O9. The molecule has 3 aromatic heterocycles. The third-order valence-corrected chi connectivity index (χ3v) is 13.6. The Morgan fingerprint density at radius 2 is 1.40 bits per heavy atom. The average molecular weight is 1030 g/mol. The Morgan fingerprint density at radius 3 is 2.07 bits per heavy atom. The minimum atomic E-state index is -1.23. The average Bonchev–Trinajstić information content (AvgIpc) is 4.10. The normalized spacial score (nSPS) is 14.9. The van der Waals surface area contributed by atoms with Crippen LogP contribution in [-0.4, -0.2) is 153 Å². The van der Waals surface area contributed by atoms with E-state index in [-0.39, 0.29) is 58.7 Å². The van der Waals surface area contributed by atoms with Crippen LogP contribution in [0.25, 0.3) is 33.4 Å². The molecule has 24 heteroatoms. The van der Waals surface area contributed by atoms with Crippen LogP contribution in [-0.2, 0) is 27.2 Å². The largest absolute Gasteiger partial charge is 0.508 e. The van der Waals surface area contributed by atoms with Gasteiger partial charge >= 0.3 is 11.9 Å². The number of fused-ring (bicyclic) bond motifs is 2. The number of aromatic carboxylic acids is 1. The van der Waals surface area contributed by atoms with Crippen LogP contribution in [0.2, 0.25) is 0 Å². The van der Waals surface area contributed by atoms with Crippen molar-refractivity contribution in [1.29, 1.82) is 0 Å². The van der Waals surface area contributed by atoms with Crippen molar-refractivity contribution in [3.63, 3.8) is 0 Å². The summed E-state index contributed by atoms with van der Waals surface area (Å²) in [6.07, 6.45) is 8.41. The maximum absolute atomic E-state index is 14.3. The van der Waals surface area contributed by atoms with Gasteiger partial charge in [0.2, 0.25) is 29.7 Å². The second-order valence-corrected chi connectivity index (χ2v) is 18.7. The molecule has 2 aromatic carbocycles. The van der Waals surface area contributed by atoms with Crippen molar-refractivity contribution < 1.29 is 38.9 Å².